The van der Waals surface area contributed by atoms with Gasteiger partial charge in [0.15, 0.2) is 0 Å². The van der Waals surface area contributed by atoms with Crippen LogP contribution < -0.4 is 0 Å². The Morgan fingerprint density at radius 3 is 0.560 bits per heavy atom. The third-order valence-electron chi connectivity index (χ3n) is 0.805. The van der Waals surface area contributed by atoms with Crippen LogP contribution in [0, 0.1) is 65.8 Å². The summed E-state index contributed by atoms with van der Waals surface area (Å²) in [5.74, 6) is 3.83. The molecular formula is C13H8O9Re2S. The normalized spacial score (nSPS) is 5.88. The second kappa shape index (κ2) is 409. The maximum Gasteiger partial charge on any atom is 0 e. The molecule has 1 aliphatic rings. The summed E-state index contributed by atoms with van der Waals surface area (Å²) in [6, 6.07) is 0. The van der Waals surface area contributed by atoms with Crippen LogP contribution in [0.15, 0.2) is 0 Å². The van der Waals surface area contributed by atoms with Crippen LogP contribution >= 0.6 is 11.8 Å². The van der Waals surface area contributed by atoms with Crippen LogP contribution in [0.25, 0.3) is 0 Å². The minimum atomic E-state index is 0. The molecule has 12 heteroatoms. The molecule has 0 bridgehead atoms. The molecule has 0 amide bonds. The molecule has 0 saturated carbocycles. The van der Waals surface area contributed by atoms with Crippen molar-refractivity contribution in [2.45, 2.75) is 6.92 Å². The van der Waals surface area contributed by atoms with E-state index in [1.54, 1.807) is 0 Å². The van der Waals surface area contributed by atoms with Gasteiger partial charge in [0.05, 0.1) is 0 Å². The second-order valence-corrected chi connectivity index (χ2v) is 2.72. The fourth-order valence-electron chi connectivity index (χ4n) is 0.354. The van der Waals surface area contributed by atoms with Gasteiger partial charge in [-0.1, -0.05) is 6.92 Å². The van der Waals surface area contributed by atoms with E-state index in [1.807, 2.05) is 11.8 Å². The Hall–Kier alpha value is -0.665. The zero-order valence-corrected chi connectivity index (χ0v) is 18.6. The standard InChI is InChI=1S/C4H8S.9CO.2Re/c1-4-2-5-3-4;9*1-2;;/h4H,2-3H2,1H3;;;;;;;;;;;. The molecule has 0 atom stereocenters. The van der Waals surface area contributed by atoms with Crippen molar-refractivity contribution >= 4 is 11.8 Å². The molecule has 134 valence electrons. The molecule has 25 heavy (non-hydrogen) atoms. The fourth-order valence-corrected chi connectivity index (χ4v) is 1.06. The van der Waals surface area contributed by atoms with Crippen LogP contribution in [-0.2, 0) is 82.7 Å². The Morgan fingerprint density at radius 2 is 0.560 bits per heavy atom. The van der Waals surface area contributed by atoms with Gasteiger partial charge in [-0.05, 0) is 17.4 Å². The van der Waals surface area contributed by atoms with Crippen LogP contribution in [0.5, 0.6) is 0 Å². The second-order valence-electron chi connectivity index (χ2n) is 1.64. The zero-order valence-electron chi connectivity index (χ0n) is 12.3. The van der Waals surface area contributed by atoms with E-state index in [2.05, 4.69) is 66.8 Å². The summed E-state index contributed by atoms with van der Waals surface area (Å²) in [5.41, 5.74) is 0. The summed E-state index contributed by atoms with van der Waals surface area (Å²) in [6.07, 6.45) is 0. The maximum absolute atomic E-state index is 7.50. The van der Waals surface area contributed by atoms with Crippen molar-refractivity contribution in [3.05, 3.63) is 59.9 Å². The predicted octanol–water partition coefficient (Wildman–Crippen LogP) is 1.03. The molecule has 0 aromatic carbocycles. The van der Waals surface area contributed by atoms with E-state index < -0.39 is 0 Å². The van der Waals surface area contributed by atoms with E-state index in [4.69, 9.17) is 41.9 Å². The Balaban J connectivity index is -0.00000000998. The summed E-state index contributed by atoms with van der Waals surface area (Å²) >= 11 is 2.05. The van der Waals surface area contributed by atoms with Crippen molar-refractivity contribution in [2.24, 2.45) is 5.92 Å². The smallest absolute Gasteiger partial charge is 0 e. The topological polar surface area (TPSA) is 179 Å². The number of thioether (sulfide) groups is 1. The third-order valence-corrected chi connectivity index (χ3v) is 2.41. The van der Waals surface area contributed by atoms with Crippen molar-refractivity contribution in [1.82, 2.24) is 0 Å². The summed E-state index contributed by atoms with van der Waals surface area (Å²) in [6.45, 7) is 42.8. The number of hydrogen-bond donors (Lipinski definition) is 0. The molecule has 0 N–H and O–H groups in total. The van der Waals surface area contributed by atoms with Crippen molar-refractivity contribution < 1.29 is 82.7 Å². The molecule has 1 fully saturated rings. The zero-order chi connectivity index (χ0) is 21.7. The average Bonchev–Trinajstić information content (AvgIpc) is 2.74. The Bertz CT molecular complexity index is 238. The first-order valence-electron chi connectivity index (χ1n) is 3.81. The van der Waals surface area contributed by atoms with Gasteiger partial charge in [-0.3, -0.25) is 0 Å². The summed E-state index contributed by atoms with van der Waals surface area (Å²) in [5, 5.41) is 0. The molecular weight excluding hydrogens is 705 g/mol. The van der Waals surface area contributed by atoms with Crippen molar-refractivity contribution in [1.29, 1.82) is 0 Å². The van der Waals surface area contributed by atoms with Gasteiger partial charge in [0, 0.05) is 40.8 Å². The van der Waals surface area contributed by atoms with Crippen LogP contribution in [-0.4, -0.2) is 11.5 Å². The van der Waals surface area contributed by atoms with Gasteiger partial charge < -0.3 is 0 Å². The van der Waals surface area contributed by atoms with Gasteiger partial charge >= 0.3 is 102 Å². The number of hydrogen-bond acceptors (Lipinski definition) is 1. The minimum absolute atomic E-state index is 0. The first-order valence-corrected chi connectivity index (χ1v) is 4.96. The molecule has 2 radical (unpaired) electrons. The fraction of sp³-hybridized carbons (Fsp3) is 0.308. The predicted molar refractivity (Wildman–Crippen MR) is 61.9 cm³/mol. The summed E-state index contributed by atoms with van der Waals surface area (Å²) in [7, 11) is 0. The van der Waals surface area contributed by atoms with E-state index in [-0.39, 0.29) is 40.8 Å². The Morgan fingerprint density at radius 1 is 0.480 bits per heavy atom. The van der Waals surface area contributed by atoms with Gasteiger partial charge in [0.2, 0.25) is 0 Å². The van der Waals surface area contributed by atoms with Gasteiger partial charge in [-0.15, -0.1) is 0 Å². The molecule has 0 aromatic heterocycles. The molecule has 1 aliphatic heterocycles. The van der Waals surface area contributed by atoms with E-state index in [1.165, 1.54) is 11.5 Å². The van der Waals surface area contributed by atoms with Crippen molar-refractivity contribution in [2.75, 3.05) is 11.5 Å². The average molecular weight is 713 g/mol. The van der Waals surface area contributed by atoms with E-state index >= 15 is 0 Å². The van der Waals surface area contributed by atoms with Gasteiger partial charge in [-0.2, -0.15) is 11.8 Å². The van der Waals surface area contributed by atoms with E-state index in [0.29, 0.717) is 0 Å². The molecule has 0 aliphatic carbocycles. The van der Waals surface area contributed by atoms with E-state index in [0.717, 1.165) is 5.92 Å². The Kier molecular flexibility index (Phi) is 1220. The quantitative estimate of drug-likeness (QED) is 0.265. The molecule has 0 aromatic rings. The molecule has 1 saturated heterocycles. The molecule has 0 spiro atoms. The van der Waals surface area contributed by atoms with Gasteiger partial charge in [0.1, 0.15) is 0 Å². The largest absolute Gasteiger partial charge is 0 e. The number of rotatable bonds is 0. The molecule has 1 heterocycles. The van der Waals surface area contributed by atoms with Crippen LogP contribution in [0.4, 0.5) is 0 Å². The molecule has 9 nitrogen and oxygen atoms in total. The first kappa shape index (κ1) is 74.5. The van der Waals surface area contributed by atoms with Crippen LogP contribution in [0.3, 0.4) is 0 Å². The summed E-state index contributed by atoms with van der Waals surface area (Å²) < 4.78 is 67.5. The monoisotopic (exact) mass is 714 g/mol. The van der Waals surface area contributed by atoms with Crippen LogP contribution in [0.2, 0.25) is 0 Å². The van der Waals surface area contributed by atoms with E-state index in [9.17, 15) is 0 Å². The van der Waals surface area contributed by atoms with Gasteiger partial charge in [-0.25, -0.2) is 0 Å². The first-order chi connectivity index (χ1) is 11.4. The third kappa shape index (κ3) is 373. The molecule has 0 unspecified atom stereocenters. The molecule has 1 rings (SSSR count). The van der Waals surface area contributed by atoms with Crippen molar-refractivity contribution in [3.63, 3.8) is 0 Å². The van der Waals surface area contributed by atoms with Crippen LogP contribution in [0.1, 0.15) is 6.92 Å². The summed E-state index contributed by atoms with van der Waals surface area (Å²) in [4.78, 5) is 0. The van der Waals surface area contributed by atoms with Crippen molar-refractivity contribution in [3.8, 4) is 0 Å². The Labute approximate surface area is 178 Å². The minimum Gasteiger partial charge on any atom is 0 e. The van der Waals surface area contributed by atoms with Gasteiger partial charge in [0.25, 0.3) is 0 Å². The maximum atomic E-state index is 7.50. The SMILES string of the molecule is CC1CSC1.[C-]#[O+].[C-]#[O+].[C-]#[O+].[C-]#[O+].[C-]#[O+].[C-]#[O+].[C-]#[O+].[C-]#[O+].[C-]#[O+].[Re].[Re].